The van der Waals surface area contributed by atoms with E-state index in [0.717, 1.165) is 49.9 Å². The van der Waals surface area contributed by atoms with Gasteiger partial charge in [-0.05, 0) is 19.1 Å². The van der Waals surface area contributed by atoms with Crippen LogP contribution in [0.25, 0.3) is 0 Å². The molecule has 0 unspecified atom stereocenters. The van der Waals surface area contributed by atoms with Crippen molar-refractivity contribution >= 4 is 11.6 Å². The van der Waals surface area contributed by atoms with Gasteiger partial charge in [-0.25, -0.2) is 0 Å². The fraction of sp³-hybridized carbons (Fsp3) is 0.400. The van der Waals surface area contributed by atoms with Gasteiger partial charge in [0.1, 0.15) is 0 Å². The van der Waals surface area contributed by atoms with Crippen molar-refractivity contribution in [2.24, 2.45) is 0 Å². The van der Waals surface area contributed by atoms with E-state index in [4.69, 9.17) is 4.52 Å². The number of hydrogen-bond acceptors (Lipinski definition) is 5. The molecule has 1 aromatic heterocycles. The smallest absolute Gasteiger partial charge is 0.241 e. The normalized spacial score (nSPS) is 15.7. The van der Waals surface area contributed by atoms with Crippen molar-refractivity contribution in [3.63, 3.8) is 0 Å². The number of aryl methyl sites for hydroxylation is 1. The zero-order chi connectivity index (χ0) is 18.4. The number of aromatic nitrogens is 1. The third-order valence-corrected chi connectivity index (χ3v) is 4.56. The first-order valence-electron chi connectivity index (χ1n) is 8.99. The Bertz CT molecular complexity index is 720. The summed E-state index contributed by atoms with van der Waals surface area (Å²) >= 11 is 0. The molecule has 138 valence electrons. The summed E-state index contributed by atoms with van der Waals surface area (Å²) < 4.78 is 5.29. The highest BCUT2D eigenvalue weighted by atomic mass is 16.5. The second-order valence-electron chi connectivity index (χ2n) is 6.62. The lowest BCUT2D eigenvalue weighted by atomic mass is 10.2. The Hall–Kier alpha value is -2.44. The maximum absolute atomic E-state index is 12.8. The molecule has 0 aliphatic carbocycles. The molecule has 0 bridgehead atoms. The quantitative estimate of drug-likeness (QED) is 0.714. The maximum Gasteiger partial charge on any atom is 0.241 e. The maximum atomic E-state index is 12.8. The average molecular weight is 354 g/mol. The van der Waals surface area contributed by atoms with Crippen LogP contribution in [0.4, 0.5) is 5.69 Å². The number of rotatable bonds is 7. The van der Waals surface area contributed by atoms with Gasteiger partial charge < -0.3 is 9.42 Å². The first-order chi connectivity index (χ1) is 12.7. The van der Waals surface area contributed by atoms with Crippen molar-refractivity contribution in [1.29, 1.82) is 0 Å². The summed E-state index contributed by atoms with van der Waals surface area (Å²) in [5, 5.41) is 3.93. The highest BCUT2D eigenvalue weighted by Crippen LogP contribution is 2.15. The van der Waals surface area contributed by atoms with Gasteiger partial charge in [0.05, 0.1) is 18.8 Å². The van der Waals surface area contributed by atoms with E-state index in [9.17, 15) is 4.79 Å². The van der Waals surface area contributed by atoms with Gasteiger partial charge >= 0.3 is 0 Å². The molecular formula is C20H26N4O2. The largest absolute Gasteiger partial charge is 0.360 e. The summed E-state index contributed by atoms with van der Waals surface area (Å²) in [7, 11) is 0. The second-order valence-corrected chi connectivity index (χ2v) is 6.62. The van der Waals surface area contributed by atoms with Crippen molar-refractivity contribution in [2.75, 3.05) is 44.2 Å². The van der Waals surface area contributed by atoms with E-state index in [1.54, 1.807) is 11.0 Å². The predicted molar refractivity (Wildman–Crippen MR) is 102 cm³/mol. The monoisotopic (exact) mass is 354 g/mol. The van der Waals surface area contributed by atoms with Gasteiger partial charge in [0.2, 0.25) is 5.91 Å². The first kappa shape index (κ1) is 18.4. The molecule has 1 aromatic carbocycles. The van der Waals surface area contributed by atoms with Gasteiger partial charge in [0.15, 0.2) is 5.76 Å². The number of anilines is 1. The Kier molecular flexibility index (Phi) is 6.20. The summed E-state index contributed by atoms with van der Waals surface area (Å²) in [6, 6.07) is 11.7. The third-order valence-electron chi connectivity index (χ3n) is 4.56. The van der Waals surface area contributed by atoms with E-state index >= 15 is 0 Å². The van der Waals surface area contributed by atoms with Gasteiger partial charge in [-0.2, -0.15) is 0 Å². The molecular weight excluding hydrogens is 328 g/mol. The second kappa shape index (κ2) is 8.78. The minimum Gasteiger partial charge on any atom is -0.360 e. The summed E-state index contributed by atoms with van der Waals surface area (Å²) in [4.78, 5) is 19.1. The molecule has 1 amide bonds. The number of hydrogen-bond donors (Lipinski definition) is 0. The first-order valence-corrected chi connectivity index (χ1v) is 8.99. The number of nitrogens with zero attached hydrogens (tertiary/aromatic N) is 4. The van der Waals surface area contributed by atoms with Crippen LogP contribution in [0.2, 0.25) is 0 Å². The zero-order valence-corrected chi connectivity index (χ0v) is 15.3. The lowest BCUT2D eigenvalue weighted by Crippen LogP contribution is -2.49. The lowest BCUT2D eigenvalue weighted by Gasteiger charge is -2.34. The number of piperazine rings is 1. The molecule has 6 nitrogen and oxygen atoms in total. The molecule has 0 N–H and O–H groups in total. The van der Waals surface area contributed by atoms with E-state index in [1.807, 2.05) is 43.3 Å². The molecule has 0 saturated carbocycles. The van der Waals surface area contributed by atoms with Gasteiger partial charge in [-0.15, -0.1) is 6.58 Å². The van der Waals surface area contributed by atoms with E-state index in [-0.39, 0.29) is 5.91 Å². The van der Waals surface area contributed by atoms with Crippen molar-refractivity contribution in [1.82, 2.24) is 15.0 Å². The van der Waals surface area contributed by atoms with E-state index < -0.39 is 0 Å². The molecule has 1 aliphatic heterocycles. The highest BCUT2D eigenvalue weighted by molar-refractivity contribution is 5.95. The van der Waals surface area contributed by atoms with E-state index in [0.29, 0.717) is 13.1 Å². The van der Waals surface area contributed by atoms with Crippen LogP contribution in [0.1, 0.15) is 11.5 Å². The third kappa shape index (κ3) is 4.80. The van der Waals surface area contributed by atoms with Crippen molar-refractivity contribution in [2.45, 2.75) is 13.5 Å². The zero-order valence-electron chi connectivity index (χ0n) is 15.3. The molecule has 1 fully saturated rings. The molecule has 1 aliphatic rings. The summed E-state index contributed by atoms with van der Waals surface area (Å²) in [5.41, 5.74) is 1.82. The van der Waals surface area contributed by atoms with Crippen LogP contribution in [0.5, 0.6) is 0 Å². The Labute approximate surface area is 154 Å². The summed E-state index contributed by atoms with van der Waals surface area (Å²) in [5.74, 6) is 1.00. The fourth-order valence-electron chi connectivity index (χ4n) is 3.18. The van der Waals surface area contributed by atoms with Gasteiger partial charge in [0, 0.05) is 44.5 Å². The Morgan fingerprint density at radius 3 is 2.54 bits per heavy atom. The molecule has 6 heteroatoms. The van der Waals surface area contributed by atoms with Crippen molar-refractivity contribution in [3.05, 3.63) is 60.5 Å². The molecule has 1 saturated heterocycles. The van der Waals surface area contributed by atoms with E-state index in [1.165, 1.54) is 0 Å². The SMILES string of the molecule is C=CCN(C(=O)CN1CCN(Cc2cc(C)no2)CC1)c1ccccc1. The predicted octanol–water partition coefficient (Wildman–Crippen LogP) is 2.32. The van der Waals surface area contributed by atoms with Crippen LogP contribution in [0, 0.1) is 6.92 Å². The topological polar surface area (TPSA) is 52.8 Å². The number of carbonyl (C=O) groups excluding carboxylic acids is 1. The van der Waals surface area contributed by atoms with E-state index in [2.05, 4.69) is 21.5 Å². The minimum atomic E-state index is 0.107. The molecule has 26 heavy (non-hydrogen) atoms. The summed E-state index contributed by atoms with van der Waals surface area (Å²) in [6.07, 6.45) is 1.77. The van der Waals surface area contributed by atoms with Gasteiger partial charge in [-0.3, -0.25) is 14.6 Å². The van der Waals surface area contributed by atoms with Crippen LogP contribution >= 0.6 is 0 Å². The minimum absolute atomic E-state index is 0.107. The number of para-hydroxylation sites is 1. The van der Waals surface area contributed by atoms with Gasteiger partial charge in [0.25, 0.3) is 0 Å². The average Bonchev–Trinajstić information content (AvgIpc) is 3.06. The Balaban J connectivity index is 1.51. The molecule has 0 radical (unpaired) electrons. The number of benzene rings is 1. The Morgan fingerprint density at radius 2 is 1.92 bits per heavy atom. The van der Waals surface area contributed by atoms with Gasteiger partial charge in [-0.1, -0.05) is 29.4 Å². The van der Waals surface area contributed by atoms with Crippen molar-refractivity contribution < 1.29 is 9.32 Å². The Morgan fingerprint density at radius 1 is 1.23 bits per heavy atom. The van der Waals surface area contributed by atoms with Crippen LogP contribution in [-0.4, -0.2) is 60.1 Å². The van der Waals surface area contributed by atoms with Crippen LogP contribution in [-0.2, 0) is 11.3 Å². The summed E-state index contributed by atoms with van der Waals surface area (Å²) in [6.45, 7) is 11.0. The lowest BCUT2D eigenvalue weighted by molar-refractivity contribution is -0.120. The molecule has 3 rings (SSSR count). The highest BCUT2D eigenvalue weighted by Gasteiger charge is 2.22. The standard InChI is InChI=1S/C20H26N4O2/c1-3-9-24(18-7-5-4-6-8-18)20(25)16-23-12-10-22(11-13-23)15-19-14-17(2)21-26-19/h3-8,14H,1,9-13,15-16H2,2H3. The molecule has 2 heterocycles. The van der Waals surface area contributed by atoms with Crippen LogP contribution < -0.4 is 4.90 Å². The fourth-order valence-corrected chi connectivity index (χ4v) is 3.18. The van der Waals surface area contributed by atoms with Crippen LogP contribution in [0.3, 0.4) is 0 Å². The van der Waals surface area contributed by atoms with Crippen LogP contribution in [0.15, 0.2) is 53.6 Å². The number of amides is 1. The molecule has 0 atom stereocenters. The number of carbonyl (C=O) groups is 1. The molecule has 0 spiro atoms. The van der Waals surface area contributed by atoms with Crippen molar-refractivity contribution in [3.8, 4) is 0 Å². The molecule has 2 aromatic rings.